The second-order valence-electron chi connectivity index (χ2n) is 1.89. The zero-order chi connectivity index (χ0) is 8.97. The number of carbonyl (C=O) groups excluding carboxylic acids is 2. The Morgan fingerprint density at radius 3 is 2.75 bits per heavy atom. The van der Waals surface area contributed by atoms with Gasteiger partial charge in [-0.05, 0) is 0 Å². The number of nitrogens with zero attached hydrogens (tertiary/aromatic N) is 2. The monoisotopic (exact) mass is 186 g/mol. The van der Waals surface area contributed by atoms with E-state index in [1.54, 1.807) is 0 Å². The van der Waals surface area contributed by atoms with Crippen molar-refractivity contribution in [1.82, 2.24) is 14.7 Å². The lowest BCUT2D eigenvalue weighted by atomic mass is 10.3. The van der Waals surface area contributed by atoms with Crippen molar-refractivity contribution in [3.05, 3.63) is 5.82 Å². The minimum Gasteiger partial charge on any atom is -0.374 e. The fourth-order valence-electron chi connectivity index (χ4n) is 0.622. The molecule has 1 aromatic heterocycles. The van der Waals surface area contributed by atoms with E-state index in [4.69, 9.17) is 5.73 Å². The molecule has 0 radical (unpaired) electrons. The normalized spacial score (nSPS) is 12.0. The van der Waals surface area contributed by atoms with E-state index in [0.717, 1.165) is 11.5 Å². The maximum absolute atomic E-state index is 10.4. The summed E-state index contributed by atoms with van der Waals surface area (Å²) in [6.45, 7) is 0. The van der Waals surface area contributed by atoms with Gasteiger partial charge in [-0.1, -0.05) is 0 Å². The van der Waals surface area contributed by atoms with Gasteiger partial charge in [0.2, 0.25) is 6.41 Å². The molecule has 1 unspecified atom stereocenters. The summed E-state index contributed by atoms with van der Waals surface area (Å²) in [5, 5.41) is 2.51. The zero-order valence-corrected chi connectivity index (χ0v) is 6.75. The Bertz CT molecular complexity index is 287. The predicted octanol–water partition coefficient (Wildman–Crippen LogP) is -0.894. The highest BCUT2D eigenvalue weighted by molar-refractivity contribution is 7.09. The lowest BCUT2D eigenvalue weighted by Crippen LogP contribution is -2.21. The van der Waals surface area contributed by atoms with Crippen molar-refractivity contribution in [3.8, 4) is 0 Å². The third-order valence-electron chi connectivity index (χ3n) is 1.12. The molecule has 1 aromatic rings. The first-order valence-corrected chi connectivity index (χ1v) is 3.79. The second-order valence-corrected chi connectivity index (χ2v) is 2.67. The highest BCUT2D eigenvalue weighted by Gasteiger charge is 2.13. The molecule has 1 heterocycles. The molecule has 7 heteroatoms. The van der Waals surface area contributed by atoms with Crippen LogP contribution in [0.25, 0.3) is 0 Å². The standard InChI is InChI=1S/C5H6N4O2S/c6-5-8-4(9-12-5)3(1-10)7-2-11/h1-3H,(H,7,11)(H2,6,8,9). The Hall–Kier alpha value is -1.50. The van der Waals surface area contributed by atoms with Crippen molar-refractivity contribution in [2.45, 2.75) is 6.04 Å². The van der Waals surface area contributed by atoms with Crippen LogP contribution in [0.4, 0.5) is 5.13 Å². The summed E-state index contributed by atoms with van der Waals surface area (Å²) in [7, 11) is 0. The number of aldehydes is 1. The van der Waals surface area contributed by atoms with Gasteiger partial charge in [-0.3, -0.25) is 4.79 Å². The van der Waals surface area contributed by atoms with E-state index < -0.39 is 6.04 Å². The van der Waals surface area contributed by atoms with Gasteiger partial charge < -0.3 is 15.8 Å². The molecule has 0 aromatic carbocycles. The molecule has 6 nitrogen and oxygen atoms in total. The number of nitrogens with two attached hydrogens (primary N) is 1. The van der Waals surface area contributed by atoms with Crippen LogP contribution >= 0.6 is 11.5 Å². The molecule has 0 aliphatic heterocycles. The van der Waals surface area contributed by atoms with Gasteiger partial charge >= 0.3 is 0 Å². The summed E-state index contributed by atoms with van der Waals surface area (Å²) in [5.41, 5.74) is 5.28. The van der Waals surface area contributed by atoms with Gasteiger partial charge in [0.05, 0.1) is 0 Å². The van der Waals surface area contributed by atoms with Gasteiger partial charge in [0.1, 0.15) is 12.3 Å². The SMILES string of the molecule is Nc1nc(C(C=O)NC=O)ns1. The van der Waals surface area contributed by atoms with Crippen molar-refractivity contribution >= 4 is 29.4 Å². The molecule has 0 bridgehead atoms. The predicted molar refractivity (Wildman–Crippen MR) is 42.3 cm³/mol. The third-order valence-corrected chi connectivity index (χ3v) is 1.68. The van der Waals surface area contributed by atoms with E-state index in [1.165, 1.54) is 0 Å². The number of amides is 1. The lowest BCUT2D eigenvalue weighted by molar-refractivity contribution is -0.115. The molecule has 3 N–H and O–H groups in total. The molecule has 1 amide bonds. The van der Waals surface area contributed by atoms with Crippen molar-refractivity contribution in [3.63, 3.8) is 0 Å². The number of rotatable bonds is 4. The van der Waals surface area contributed by atoms with Crippen LogP contribution in [0.1, 0.15) is 11.9 Å². The molecular weight excluding hydrogens is 180 g/mol. The molecule has 0 spiro atoms. The zero-order valence-electron chi connectivity index (χ0n) is 5.93. The molecule has 0 saturated carbocycles. The fourth-order valence-corrected chi connectivity index (χ4v) is 1.10. The highest BCUT2D eigenvalue weighted by atomic mass is 32.1. The maximum atomic E-state index is 10.4. The lowest BCUT2D eigenvalue weighted by Gasteiger charge is -2.01. The van der Waals surface area contributed by atoms with E-state index in [-0.39, 0.29) is 11.0 Å². The van der Waals surface area contributed by atoms with E-state index in [0.29, 0.717) is 12.7 Å². The smallest absolute Gasteiger partial charge is 0.208 e. The van der Waals surface area contributed by atoms with Crippen molar-refractivity contribution in [1.29, 1.82) is 0 Å². The molecule has 64 valence electrons. The van der Waals surface area contributed by atoms with Crippen LogP contribution in [-0.4, -0.2) is 22.1 Å². The minimum atomic E-state index is -0.795. The molecule has 12 heavy (non-hydrogen) atoms. The van der Waals surface area contributed by atoms with Gasteiger partial charge in [-0.2, -0.15) is 4.37 Å². The van der Waals surface area contributed by atoms with Crippen LogP contribution in [0.5, 0.6) is 0 Å². The van der Waals surface area contributed by atoms with Gasteiger partial charge in [-0.15, -0.1) is 0 Å². The Balaban J connectivity index is 2.78. The number of nitrogens with one attached hydrogen (secondary N) is 1. The molecule has 1 rings (SSSR count). The minimum absolute atomic E-state index is 0.222. The van der Waals surface area contributed by atoms with Gasteiger partial charge in [0, 0.05) is 11.5 Å². The topological polar surface area (TPSA) is 98.0 Å². The number of hydrogen-bond acceptors (Lipinski definition) is 6. The average Bonchev–Trinajstić information content (AvgIpc) is 2.47. The van der Waals surface area contributed by atoms with Crippen LogP contribution in [0.3, 0.4) is 0 Å². The van der Waals surface area contributed by atoms with Crippen LogP contribution in [0.15, 0.2) is 0 Å². The molecule has 1 atom stereocenters. The average molecular weight is 186 g/mol. The highest BCUT2D eigenvalue weighted by Crippen LogP contribution is 2.11. The molecule has 0 fully saturated rings. The summed E-state index contributed by atoms with van der Waals surface area (Å²) in [4.78, 5) is 24.1. The summed E-state index contributed by atoms with van der Waals surface area (Å²) < 4.78 is 3.76. The van der Waals surface area contributed by atoms with Crippen LogP contribution < -0.4 is 11.1 Å². The second kappa shape index (κ2) is 3.77. The number of nitrogen functional groups attached to an aromatic ring is 1. The largest absolute Gasteiger partial charge is 0.374 e. The van der Waals surface area contributed by atoms with E-state index in [1.807, 2.05) is 0 Å². The molecule has 0 saturated heterocycles. The summed E-state index contributed by atoms with van der Waals surface area (Å²) >= 11 is 0.976. The Kier molecular flexibility index (Phi) is 2.70. The number of anilines is 1. The quantitative estimate of drug-likeness (QED) is 0.594. The summed E-state index contributed by atoms with van der Waals surface area (Å²) in [5.74, 6) is 0.222. The van der Waals surface area contributed by atoms with Crippen LogP contribution in [0, 0.1) is 0 Å². The first-order valence-electron chi connectivity index (χ1n) is 3.02. The van der Waals surface area contributed by atoms with Crippen molar-refractivity contribution in [2.75, 3.05) is 5.73 Å². The number of carbonyl (C=O) groups is 2. The first-order chi connectivity index (χ1) is 5.77. The third kappa shape index (κ3) is 1.76. The van der Waals surface area contributed by atoms with Gasteiger partial charge in [0.15, 0.2) is 11.0 Å². The van der Waals surface area contributed by atoms with E-state index >= 15 is 0 Å². The Labute approximate surface area is 72.0 Å². The number of hydrogen-bond donors (Lipinski definition) is 2. The van der Waals surface area contributed by atoms with Gasteiger partial charge in [0.25, 0.3) is 0 Å². The first kappa shape index (κ1) is 8.60. The number of aromatic nitrogens is 2. The summed E-state index contributed by atoms with van der Waals surface area (Å²) in [6, 6.07) is -0.795. The Morgan fingerprint density at radius 1 is 1.58 bits per heavy atom. The van der Waals surface area contributed by atoms with Crippen LogP contribution in [0.2, 0.25) is 0 Å². The fraction of sp³-hybridized carbons (Fsp3) is 0.200. The maximum Gasteiger partial charge on any atom is 0.208 e. The molecular formula is C5H6N4O2S. The van der Waals surface area contributed by atoms with E-state index in [9.17, 15) is 9.59 Å². The molecule has 0 aliphatic rings. The van der Waals surface area contributed by atoms with Crippen LogP contribution in [-0.2, 0) is 9.59 Å². The van der Waals surface area contributed by atoms with Gasteiger partial charge in [-0.25, -0.2) is 4.98 Å². The molecule has 0 aliphatic carbocycles. The Morgan fingerprint density at radius 2 is 2.33 bits per heavy atom. The van der Waals surface area contributed by atoms with Crippen molar-refractivity contribution < 1.29 is 9.59 Å². The summed E-state index contributed by atoms with van der Waals surface area (Å²) in [6.07, 6.45) is 0.951. The van der Waals surface area contributed by atoms with Crippen molar-refractivity contribution in [2.24, 2.45) is 0 Å². The van der Waals surface area contributed by atoms with E-state index in [2.05, 4.69) is 14.7 Å².